The second-order valence-electron chi connectivity index (χ2n) is 6.17. The van der Waals surface area contributed by atoms with E-state index in [1.165, 1.54) is 33.0 Å². The lowest BCUT2D eigenvalue weighted by molar-refractivity contribution is 0.661. The Morgan fingerprint density at radius 1 is 0.750 bits per heavy atom. The van der Waals surface area contributed by atoms with E-state index in [9.17, 15) is 0 Å². The molecule has 0 spiro atoms. The molecule has 0 saturated carbocycles. The largest absolute Gasteiger partial charge is 0.113 e. The third kappa shape index (κ3) is 1.44. The van der Waals surface area contributed by atoms with Crippen LogP contribution in [-0.4, -0.2) is 7.85 Å². The van der Waals surface area contributed by atoms with Crippen LogP contribution in [0.3, 0.4) is 0 Å². The Bertz CT molecular complexity index is 844. The second kappa shape index (κ2) is 3.76. The molecule has 0 aromatic heterocycles. The average Bonchev–Trinajstić information content (AvgIpc) is 2.65. The zero-order chi connectivity index (χ0) is 13.9. The first-order chi connectivity index (χ1) is 9.57. The zero-order valence-electron chi connectivity index (χ0n) is 11.8. The van der Waals surface area contributed by atoms with Crippen LogP contribution in [0.25, 0.3) is 21.9 Å². The molecule has 0 heterocycles. The molecule has 0 saturated heterocycles. The molecule has 0 fully saturated rings. The molecule has 3 aromatic rings. The molecule has 1 aliphatic rings. The van der Waals surface area contributed by atoms with Gasteiger partial charge >= 0.3 is 0 Å². The maximum atomic E-state index is 5.99. The monoisotopic (exact) mass is 254 g/mol. The lowest BCUT2D eigenvalue weighted by atomic mass is 9.81. The Hall–Kier alpha value is -2.02. The smallest absolute Gasteiger partial charge is 0.0960 e. The van der Waals surface area contributed by atoms with Gasteiger partial charge in [-0.25, -0.2) is 0 Å². The van der Waals surface area contributed by atoms with Gasteiger partial charge in [-0.2, -0.15) is 0 Å². The Morgan fingerprint density at radius 3 is 2.15 bits per heavy atom. The van der Waals surface area contributed by atoms with Crippen molar-refractivity contribution in [3.05, 3.63) is 65.7 Å². The van der Waals surface area contributed by atoms with E-state index in [-0.39, 0.29) is 5.41 Å². The van der Waals surface area contributed by atoms with Gasteiger partial charge in [-0.15, -0.1) is 0 Å². The van der Waals surface area contributed by atoms with Gasteiger partial charge in [-0.3, -0.25) is 0 Å². The van der Waals surface area contributed by atoms with Crippen LogP contribution in [0.1, 0.15) is 25.0 Å². The topological polar surface area (TPSA) is 0 Å². The van der Waals surface area contributed by atoms with Crippen molar-refractivity contribution in [1.29, 1.82) is 0 Å². The van der Waals surface area contributed by atoms with Gasteiger partial charge in [0.05, 0.1) is 0 Å². The molecule has 0 atom stereocenters. The highest BCUT2D eigenvalue weighted by atomic mass is 14.4. The number of rotatable bonds is 0. The Balaban J connectivity index is 2.13. The molecular formula is C19H15B. The predicted molar refractivity (Wildman–Crippen MR) is 86.9 cm³/mol. The summed E-state index contributed by atoms with van der Waals surface area (Å²) >= 11 is 0. The van der Waals surface area contributed by atoms with Crippen LogP contribution < -0.4 is 5.46 Å². The van der Waals surface area contributed by atoms with Gasteiger partial charge in [0.25, 0.3) is 0 Å². The van der Waals surface area contributed by atoms with Crippen molar-refractivity contribution in [2.24, 2.45) is 0 Å². The second-order valence-corrected chi connectivity index (χ2v) is 6.17. The number of hydrogen-bond acceptors (Lipinski definition) is 0. The average molecular weight is 254 g/mol. The fraction of sp³-hybridized carbons (Fsp3) is 0.158. The molecule has 1 heteroatoms. The summed E-state index contributed by atoms with van der Waals surface area (Å²) in [6, 6.07) is 19.5. The lowest BCUT2D eigenvalue weighted by Crippen LogP contribution is -2.15. The molecule has 3 aromatic carbocycles. The van der Waals surface area contributed by atoms with Crippen molar-refractivity contribution in [2.75, 3.05) is 0 Å². The minimum Gasteiger partial charge on any atom is -0.0960 e. The van der Waals surface area contributed by atoms with Crippen molar-refractivity contribution in [1.82, 2.24) is 0 Å². The third-order valence-electron chi connectivity index (χ3n) is 4.57. The number of fused-ring (bicyclic) bond motifs is 4. The van der Waals surface area contributed by atoms with Gasteiger partial charge in [0.15, 0.2) is 0 Å². The Labute approximate surface area is 120 Å². The van der Waals surface area contributed by atoms with Crippen LogP contribution in [0.2, 0.25) is 0 Å². The van der Waals surface area contributed by atoms with Crippen molar-refractivity contribution in [3.8, 4) is 11.1 Å². The van der Waals surface area contributed by atoms with Crippen molar-refractivity contribution in [3.63, 3.8) is 0 Å². The zero-order valence-corrected chi connectivity index (χ0v) is 11.8. The highest BCUT2D eigenvalue weighted by molar-refractivity contribution is 6.32. The van der Waals surface area contributed by atoms with E-state index in [1.807, 2.05) is 6.07 Å². The molecule has 0 amide bonds. The summed E-state index contributed by atoms with van der Waals surface area (Å²) in [6.45, 7) is 4.59. The van der Waals surface area contributed by atoms with Gasteiger partial charge in [0.2, 0.25) is 0 Å². The maximum absolute atomic E-state index is 5.99. The molecule has 20 heavy (non-hydrogen) atoms. The predicted octanol–water partition coefficient (Wildman–Crippen LogP) is 3.94. The fourth-order valence-electron chi connectivity index (χ4n) is 3.46. The fourth-order valence-corrected chi connectivity index (χ4v) is 3.46. The molecule has 0 nitrogen and oxygen atoms in total. The molecule has 94 valence electrons. The van der Waals surface area contributed by atoms with E-state index in [1.54, 1.807) is 0 Å². The summed E-state index contributed by atoms with van der Waals surface area (Å²) in [6.07, 6.45) is 0. The van der Waals surface area contributed by atoms with Gasteiger partial charge in [0, 0.05) is 5.41 Å². The number of benzene rings is 3. The molecule has 0 N–H and O–H groups in total. The van der Waals surface area contributed by atoms with Gasteiger partial charge < -0.3 is 0 Å². The minimum atomic E-state index is 0.0440. The Morgan fingerprint density at radius 2 is 1.40 bits per heavy atom. The molecule has 0 bridgehead atoms. The summed E-state index contributed by atoms with van der Waals surface area (Å²) in [5.74, 6) is 0. The summed E-state index contributed by atoms with van der Waals surface area (Å²) in [4.78, 5) is 0. The van der Waals surface area contributed by atoms with Crippen LogP contribution in [0, 0.1) is 0 Å². The quantitative estimate of drug-likeness (QED) is 0.533. The van der Waals surface area contributed by atoms with Crippen molar-refractivity contribution < 1.29 is 0 Å². The molecule has 0 unspecified atom stereocenters. The van der Waals surface area contributed by atoms with E-state index in [0.717, 1.165) is 5.46 Å². The lowest BCUT2D eigenvalue weighted by Gasteiger charge is -2.21. The summed E-state index contributed by atoms with van der Waals surface area (Å²) in [5, 5.41) is 2.59. The normalized spacial score (nSPS) is 15.1. The minimum absolute atomic E-state index is 0.0440. The van der Waals surface area contributed by atoms with Crippen LogP contribution in [-0.2, 0) is 5.41 Å². The molecule has 2 radical (unpaired) electrons. The maximum Gasteiger partial charge on any atom is 0.113 e. The first kappa shape index (κ1) is 11.8. The van der Waals surface area contributed by atoms with E-state index in [2.05, 4.69) is 62.4 Å². The van der Waals surface area contributed by atoms with Crippen LogP contribution >= 0.6 is 0 Å². The molecular weight excluding hydrogens is 239 g/mol. The van der Waals surface area contributed by atoms with Gasteiger partial charge in [0.1, 0.15) is 7.85 Å². The standard InChI is InChI=1S/C19H15B/c1-19(2)17-8-7-14(20)11-16(17)15-9-12-5-3-4-6-13(12)10-18(15)19/h3-11H,1-2H3. The van der Waals surface area contributed by atoms with Crippen molar-refractivity contribution >= 4 is 24.1 Å². The van der Waals surface area contributed by atoms with E-state index >= 15 is 0 Å². The van der Waals surface area contributed by atoms with E-state index in [4.69, 9.17) is 7.85 Å². The molecule has 4 rings (SSSR count). The summed E-state index contributed by atoms with van der Waals surface area (Å²) in [7, 11) is 5.99. The molecule has 1 aliphatic carbocycles. The van der Waals surface area contributed by atoms with Crippen LogP contribution in [0.4, 0.5) is 0 Å². The highest BCUT2D eigenvalue weighted by Gasteiger charge is 2.35. The van der Waals surface area contributed by atoms with Gasteiger partial charge in [-0.05, 0) is 45.2 Å². The Kier molecular flexibility index (Phi) is 2.21. The molecule has 0 aliphatic heterocycles. The van der Waals surface area contributed by atoms with E-state index in [0.29, 0.717) is 0 Å². The van der Waals surface area contributed by atoms with Crippen LogP contribution in [0.5, 0.6) is 0 Å². The first-order valence-electron chi connectivity index (χ1n) is 7.01. The highest BCUT2D eigenvalue weighted by Crippen LogP contribution is 2.49. The number of hydrogen-bond donors (Lipinski definition) is 0. The van der Waals surface area contributed by atoms with Crippen molar-refractivity contribution in [2.45, 2.75) is 19.3 Å². The third-order valence-corrected chi connectivity index (χ3v) is 4.57. The van der Waals surface area contributed by atoms with Gasteiger partial charge in [-0.1, -0.05) is 61.8 Å². The summed E-state index contributed by atoms with van der Waals surface area (Å²) in [5.41, 5.74) is 6.27. The summed E-state index contributed by atoms with van der Waals surface area (Å²) < 4.78 is 0. The van der Waals surface area contributed by atoms with E-state index < -0.39 is 0 Å². The first-order valence-corrected chi connectivity index (χ1v) is 7.01. The SMILES string of the molecule is [B]c1ccc2c(c1)-c1cc3ccccc3cc1C2(C)C. The van der Waals surface area contributed by atoms with Crippen LogP contribution in [0.15, 0.2) is 54.6 Å².